The number of hydrogen-bond acceptors (Lipinski definition) is 5. The number of anilines is 1. The van der Waals surface area contributed by atoms with Crippen LogP contribution in [0.4, 0.5) is 5.69 Å². The van der Waals surface area contributed by atoms with Crippen molar-refractivity contribution in [1.29, 1.82) is 0 Å². The van der Waals surface area contributed by atoms with E-state index in [9.17, 15) is 18.0 Å². The fourth-order valence-electron chi connectivity index (χ4n) is 3.20. The molecule has 2 aromatic rings. The van der Waals surface area contributed by atoms with Gasteiger partial charge in [-0.05, 0) is 49.2 Å². The lowest BCUT2D eigenvalue weighted by atomic mass is 10.1. The fraction of sp³-hybridized carbons (Fsp3) is 0.333. The van der Waals surface area contributed by atoms with E-state index in [2.05, 4.69) is 10.6 Å². The van der Waals surface area contributed by atoms with Crippen molar-refractivity contribution >= 4 is 27.5 Å². The number of ether oxygens (including phenoxy) is 1. The number of hydrogen-bond donors (Lipinski definition) is 2. The van der Waals surface area contributed by atoms with E-state index >= 15 is 0 Å². The largest absolute Gasteiger partial charge is 0.383 e. The summed E-state index contributed by atoms with van der Waals surface area (Å²) in [6.07, 6.45) is 1.72. The van der Waals surface area contributed by atoms with Gasteiger partial charge in [0.15, 0.2) is 0 Å². The van der Waals surface area contributed by atoms with Crippen LogP contribution in [0.1, 0.15) is 33.6 Å². The lowest BCUT2D eigenvalue weighted by Crippen LogP contribution is -2.28. The second-order valence-electron chi connectivity index (χ2n) is 6.88. The van der Waals surface area contributed by atoms with Gasteiger partial charge in [-0.25, -0.2) is 8.42 Å². The molecular weight excluding hydrogens is 406 g/mol. The van der Waals surface area contributed by atoms with Gasteiger partial charge in [0.1, 0.15) is 0 Å². The summed E-state index contributed by atoms with van der Waals surface area (Å²) < 4.78 is 31.6. The van der Waals surface area contributed by atoms with Gasteiger partial charge < -0.3 is 15.4 Å². The Bertz CT molecular complexity index is 1000. The average Bonchev–Trinajstić information content (AvgIpc) is 3.30. The van der Waals surface area contributed by atoms with Crippen molar-refractivity contribution in [2.45, 2.75) is 17.7 Å². The summed E-state index contributed by atoms with van der Waals surface area (Å²) in [7, 11) is -1.99. The first-order valence-electron chi connectivity index (χ1n) is 9.71. The third-order valence-corrected chi connectivity index (χ3v) is 6.74. The molecule has 1 heterocycles. The molecule has 0 bridgehead atoms. The minimum atomic E-state index is -3.53. The van der Waals surface area contributed by atoms with E-state index in [-0.39, 0.29) is 10.8 Å². The Morgan fingerprint density at radius 3 is 2.33 bits per heavy atom. The molecule has 2 aromatic carbocycles. The molecule has 0 radical (unpaired) electrons. The SMILES string of the molecule is COCCNC(=O)c1ccccc1NC(=O)c1ccc(S(=O)(=O)N2CCCC2)cc1. The van der Waals surface area contributed by atoms with Gasteiger partial charge in [-0.3, -0.25) is 9.59 Å². The van der Waals surface area contributed by atoms with Crippen molar-refractivity contribution in [1.82, 2.24) is 9.62 Å². The maximum absolute atomic E-state index is 12.6. The molecule has 1 saturated heterocycles. The number of sulfonamides is 1. The molecule has 1 aliphatic rings. The van der Waals surface area contributed by atoms with Crippen LogP contribution in [-0.4, -0.2) is 57.9 Å². The molecule has 0 saturated carbocycles. The van der Waals surface area contributed by atoms with Crippen molar-refractivity contribution in [3.05, 3.63) is 59.7 Å². The van der Waals surface area contributed by atoms with Crippen molar-refractivity contribution in [3.8, 4) is 0 Å². The molecule has 1 fully saturated rings. The second kappa shape index (κ2) is 9.84. The molecule has 0 aliphatic carbocycles. The minimum Gasteiger partial charge on any atom is -0.383 e. The highest BCUT2D eigenvalue weighted by Gasteiger charge is 2.27. The summed E-state index contributed by atoms with van der Waals surface area (Å²) in [6, 6.07) is 12.5. The second-order valence-corrected chi connectivity index (χ2v) is 8.82. The van der Waals surface area contributed by atoms with Crippen LogP contribution < -0.4 is 10.6 Å². The number of nitrogens with zero attached hydrogens (tertiary/aromatic N) is 1. The van der Waals surface area contributed by atoms with Gasteiger partial charge >= 0.3 is 0 Å². The predicted molar refractivity (Wildman–Crippen MR) is 113 cm³/mol. The van der Waals surface area contributed by atoms with Crippen molar-refractivity contribution in [2.75, 3.05) is 38.7 Å². The van der Waals surface area contributed by atoms with Crippen LogP contribution in [-0.2, 0) is 14.8 Å². The van der Waals surface area contributed by atoms with E-state index in [1.807, 2.05) is 0 Å². The Balaban J connectivity index is 1.72. The van der Waals surface area contributed by atoms with E-state index in [1.165, 1.54) is 28.6 Å². The third-order valence-electron chi connectivity index (χ3n) is 4.83. The molecule has 160 valence electrons. The topological polar surface area (TPSA) is 105 Å². The van der Waals surface area contributed by atoms with Crippen molar-refractivity contribution in [3.63, 3.8) is 0 Å². The maximum atomic E-state index is 12.6. The van der Waals surface area contributed by atoms with Gasteiger partial charge in [0.25, 0.3) is 11.8 Å². The highest BCUT2D eigenvalue weighted by molar-refractivity contribution is 7.89. The molecule has 0 spiro atoms. The number of nitrogens with one attached hydrogen (secondary N) is 2. The van der Waals surface area contributed by atoms with Crippen LogP contribution in [0.3, 0.4) is 0 Å². The molecule has 3 rings (SSSR count). The van der Waals surface area contributed by atoms with Crippen LogP contribution in [0, 0.1) is 0 Å². The number of carbonyl (C=O) groups excluding carboxylic acids is 2. The first-order chi connectivity index (χ1) is 14.4. The van der Waals surface area contributed by atoms with Crippen LogP contribution in [0.15, 0.2) is 53.4 Å². The standard InChI is InChI=1S/C21H25N3O5S/c1-29-15-12-22-21(26)18-6-2-3-7-19(18)23-20(25)16-8-10-17(11-9-16)30(27,28)24-13-4-5-14-24/h2-3,6-11H,4-5,12-15H2,1H3,(H,22,26)(H,23,25). The summed E-state index contributed by atoms with van der Waals surface area (Å²) >= 11 is 0. The lowest BCUT2D eigenvalue weighted by Gasteiger charge is -2.15. The van der Waals surface area contributed by atoms with E-state index in [1.54, 1.807) is 31.4 Å². The smallest absolute Gasteiger partial charge is 0.255 e. The molecule has 2 amide bonds. The average molecular weight is 432 g/mol. The first-order valence-corrected chi connectivity index (χ1v) is 11.1. The maximum Gasteiger partial charge on any atom is 0.255 e. The van der Waals surface area contributed by atoms with E-state index in [0.717, 1.165) is 12.8 Å². The monoisotopic (exact) mass is 431 g/mol. The number of para-hydroxylation sites is 1. The Kier molecular flexibility index (Phi) is 7.20. The normalized spacial score (nSPS) is 14.4. The van der Waals surface area contributed by atoms with Crippen LogP contribution in [0.25, 0.3) is 0 Å². The lowest BCUT2D eigenvalue weighted by molar-refractivity contribution is 0.0938. The molecule has 30 heavy (non-hydrogen) atoms. The van der Waals surface area contributed by atoms with Crippen molar-refractivity contribution in [2.24, 2.45) is 0 Å². The van der Waals surface area contributed by atoms with Crippen LogP contribution in [0.5, 0.6) is 0 Å². The molecule has 1 aliphatic heterocycles. The molecule has 8 nitrogen and oxygen atoms in total. The van der Waals surface area contributed by atoms with Gasteiger partial charge in [0.05, 0.1) is 22.8 Å². The number of methoxy groups -OCH3 is 1. The van der Waals surface area contributed by atoms with E-state index < -0.39 is 15.9 Å². The molecule has 0 unspecified atom stereocenters. The molecule has 9 heteroatoms. The van der Waals surface area contributed by atoms with Crippen LogP contribution in [0.2, 0.25) is 0 Å². The Labute approximate surface area is 176 Å². The highest BCUT2D eigenvalue weighted by atomic mass is 32.2. The minimum absolute atomic E-state index is 0.166. The number of benzene rings is 2. The van der Waals surface area contributed by atoms with Gasteiger partial charge in [0, 0.05) is 32.3 Å². The van der Waals surface area contributed by atoms with Gasteiger partial charge in [0.2, 0.25) is 10.0 Å². The number of rotatable bonds is 8. The summed E-state index contributed by atoms with van der Waals surface area (Å²) in [5.74, 6) is -0.757. The molecular formula is C21H25N3O5S. The Hall–Kier alpha value is -2.75. The molecule has 0 atom stereocenters. The van der Waals surface area contributed by atoms with Gasteiger partial charge in [-0.1, -0.05) is 12.1 Å². The summed E-state index contributed by atoms with van der Waals surface area (Å²) in [5.41, 5.74) is 0.992. The van der Waals surface area contributed by atoms with E-state index in [4.69, 9.17) is 4.74 Å². The van der Waals surface area contributed by atoms with E-state index in [0.29, 0.717) is 43.1 Å². The zero-order chi connectivity index (χ0) is 21.6. The predicted octanol–water partition coefficient (Wildman–Crippen LogP) is 2.10. The first kappa shape index (κ1) is 21.9. The van der Waals surface area contributed by atoms with Gasteiger partial charge in [-0.2, -0.15) is 4.31 Å². The zero-order valence-corrected chi connectivity index (χ0v) is 17.6. The Morgan fingerprint density at radius 2 is 1.67 bits per heavy atom. The molecule has 2 N–H and O–H groups in total. The number of amides is 2. The summed E-state index contributed by atoms with van der Waals surface area (Å²) in [4.78, 5) is 25.2. The quantitative estimate of drug-likeness (QED) is 0.623. The number of carbonyl (C=O) groups is 2. The Morgan fingerprint density at radius 1 is 1.00 bits per heavy atom. The summed E-state index contributed by atoms with van der Waals surface area (Å²) in [5, 5.41) is 5.44. The third kappa shape index (κ3) is 5.05. The van der Waals surface area contributed by atoms with Crippen LogP contribution >= 0.6 is 0 Å². The van der Waals surface area contributed by atoms with Gasteiger partial charge in [-0.15, -0.1) is 0 Å². The zero-order valence-electron chi connectivity index (χ0n) is 16.8. The fourth-order valence-corrected chi connectivity index (χ4v) is 4.72. The summed E-state index contributed by atoms with van der Waals surface area (Å²) in [6.45, 7) is 1.78. The highest BCUT2D eigenvalue weighted by Crippen LogP contribution is 2.22. The van der Waals surface area contributed by atoms with Crippen molar-refractivity contribution < 1.29 is 22.7 Å². The molecule has 0 aromatic heterocycles.